The average molecular weight is 474 g/mol. The maximum atomic E-state index is 13.3. The molecule has 2 aromatic carbocycles. The van der Waals surface area contributed by atoms with Crippen LogP contribution in [-0.2, 0) is 0 Å². The van der Waals surface area contributed by atoms with Crippen LogP contribution < -0.4 is 5.32 Å². The maximum Gasteiger partial charge on any atom is 0.261 e. The summed E-state index contributed by atoms with van der Waals surface area (Å²) in [4.78, 5) is 54.6. The Kier molecular flexibility index (Phi) is 6.50. The Morgan fingerprint density at radius 1 is 0.971 bits per heavy atom. The Morgan fingerprint density at radius 2 is 1.63 bits per heavy atom. The summed E-state index contributed by atoms with van der Waals surface area (Å²) in [6.45, 7) is 8.29. The fourth-order valence-corrected chi connectivity index (χ4v) is 4.12. The third kappa shape index (κ3) is 4.21. The highest BCUT2D eigenvalue weighted by Gasteiger charge is 2.37. The largest absolute Gasteiger partial charge is 0.339 e. The Bertz CT molecular complexity index is 1310. The van der Waals surface area contributed by atoms with E-state index in [2.05, 4.69) is 10.4 Å². The highest BCUT2D eigenvalue weighted by atomic mass is 16.2. The zero-order valence-electron chi connectivity index (χ0n) is 20.1. The van der Waals surface area contributed by atoms with Gasteiger partial charge in [-0.25, -0.2) is 4.68 Å². The molecule has 0 spiro atoms. The van der Waals surface area contributed by atoms with E-state index in [1.165, 1.54) is 34.0 Å². The van der Waals surface area contributed by atoms with Crippen molar-refractivity contribution in [1.82, 2.24) is 19.6 Å². The molecule has 0 atom stereocenters. The molecule has 3 aromatic rings. The lowest BCUT2D eigenvalue weighted by atomic mass is 10.1. The first-order valence-corrected chi connectivity index (χ1v) is 11.5. The van der Waals surface area contributed by atoms with Crippen LogP contribution in [0.3, 0.4) is 0 Å². The standard InChI is InChI=1S/C26H27N5O4/c1-5-29(6-2)24(33)21-15-27-31(18-10-8-7-9-11-18)22(21)28-23(32)17-12-13-19-20(14-17)26(35)30(16(3)4)25(19)34/h7-16H,5-6H2,1-4H3,(H,28,32). The third-order valence-electron chi connectivity index (χ3n) is 5.98. The summed E-state index contributed by atoms with van der Waals surface area (Å²) in [6.07, 6.45) is 1.44. The summed E-state index contributed by atoms with van der Waals surface area (Å²) in [5.74, 6) is -1.36. The van der Waals surface area contributed by atoms with Gasteiger partial charge in [-0.05, 0) is 58.0 Å². The van der Waals surface area contributed by atoms with Crippen LogP contribution in [0.5, 0.6) is 0 Å². The predicted molar refractivity (Wildman–Crippen MR) is 131 cm³/mol. The summed E-state index contributed by atoms with van der Waals surface area (Å²) >= 11 is 0. The minimum atomic E-state index is -0.526. The smallest absolute Gasteiger partial charge is 0.261 e. The van der Waals surface area contributed by atoms with Gasteiger partial charge in [-0.1, -0.05) is 18.2 Å². The molecule has 35 heavy (non-hydrogen) atoms. The normalized spacial score (nSPS) is 12.8. The van der Waals surface area contributed by atoms with E-state index in [0.29, 0.717) is 18.8 Å². The summed E-state index contributed by atoms with van der Waals surface area (Å²) < 4.78 is 1.50. The molecule has 0 bridgehead atoms. The number of amides is 4. The van der Waals surface area contributed by atoms with Crippen molar-refractivity contribution >= 4 is 29.4 Å². The van der Waals surface area contributed by atoms with Gasteiger partial charge in [-0.3, -0.25) is 24.1 Å². The molecular weight excluding hydrogens is 446 g/mol. The molecule has 2 heterocycles. The summed E-state index contributed by atoms with van der Waals surface area (Å²) in [6, 6.07) is 13.3. The fraction of sp³-hybridized carbons (Fsp3) is 0.269. The number of anilines is 1. The Balaban J connectivity index is 1.72. The number of carbonyl (C=O) groups excluding carboxylic acids is 4. The van der Waals surface area contributed by atoms with Crippen LogP contribution in [0.4, 0.5) is 5.82 Å². The summed E-state index contributed by atoms with van der Waals surface area (Å²) in [5.41, 5.74) is 1.57. The zero-order valence-corrected chi connectivity index (χ0v) is 20.1. The number of para-hydroxylation sites is 1. The monoisotopic (exact) mass is 473 g/mol. The van der Waals surface area contributed by atoms with Crippen LogP contribution in [0.2, 0.25) is 0 Å². The topological polar surface area (TPSA) is 105 Å². The molecule has 1 aliphatic rings. The van der Waals surface area contributed by atoms with Crippen LogP contribution in [0.15, 0.2) is 54.7 Å². The second-order valence-electron chi connectivity index (χ2n) is 8.42. The molecule has 4 amide bonds. The first-order chi connectivity index (χ1) is 16.8. The molecule has 0 radical (unpaired) electrons. The Labute approximate surface area is 203 Å². The van der Waals surface area contributed by atoms with Gasteiger partial charge in [0.15, 0.2) is 0 Å². The van der Waals surface area contributed by atoms with E-state index >= 15 is 0 Å². The second-order valence-corrected chi connectivity index (χ2v) is 8.42. The van der Waals surface area contributed by atoms with Crippen molar-refractivity contribution in [2.75, 3.05) is 18.4 Å². The van der Waals surface area contributed by atoms with Crippen molar-refractivity contribution in [3.8, 4) is 5.69 Å². The minimum Gasteiger partial charge on any atom is -0.339 e. The SMILES string of the molecule is CCN(CC)C(=O)c1cnn(-c2ccccc2)c1NC(=O)c1ccc2c(c1)C(=O)N(C(C)C)C2=O. The molecule has 0 unspecified atom stereocenters. The van der Waals surface area contributed by atoms with Crippen LogP contribution in [-0.4, -0.2) is 62.3 Å². The van der Waals surface area contributed by atoms with Gasteiger partial charge in [0.25, 0.3) is 23.6 Å². The van der Waals surface area contributed by atoms with Crippen LogP contribution >= 0.6 is 0 Å². The van der Waals surface area contributed by atoms with E-state index in [1.54, 1.807) is 18.7 Å². The molecule has 0 aliphatic carbocycles. The number of fused-ring (bicyclic) bond motifs is 1. The molecule has 9 nitrogen and oxygen atoms in total. The van der Waals surface area contributed by atoms with Gasteiger partial charge >= 0.3 is 0 Å². The van der Waals surface area contributed by atoms with Crippen molar-refractivity contribution in [2.45, 2.75) is 33.7 Å². The molecule has 1 N–H and O–H groups in total. The molecule has 4 rings (SSSR count). The first kappa shape index (κ1) is 23.9. The van der Waals surface area contributed by atoms with E-state index in [9.17, 15) is 19.2 Å². The highest BCUT2D eigenvalue weighted by Crippen LogP contribution is 2.27. The predicted octanol–water partition coefficient (Wildman–Crippen LogP) is 3.61. The van der Waals surface area contributed by atoms with Crippen LogP contribution in [0.25, 0.3) is 5.69 Å². The minimum absolute atomic E-state index is 0.187. The number of nitrogens with one attached hydrogen (secondary N) is 1. The van der Waals surface area contributed by atoms with Gasteiger partial charge in [-0.15, -0.1) is 0 Å². The quantitative estimate of drug-likeness (QED) is 0.528. The molecule has 0 saturated carbocycles. The molecule has 0 fully saturated rings. The van der Waals surface area contributed by atoms with Gasteiger partial charge in [0.1, 0.15) is 11.4 Å². The Morgan fingerprint density at radius 3 is 2.26 bits per heavy atom. The van der Waals surface area contributed by atoms with Gasteiger partial charge in [0, 0.05) is 24.7 Å². The van der Waals surface area contributed by atoms with Crippen molar-refractivity contribution in [3.05, 3.63) is 77.0 Å². The molecular formula is C26H27N5O4. The van der Waals surface area contributed by atoms with Gasteiger partial charge < -0.3 is 10.2 Å². The number of benzene rings is 2. The molecule has 1 aromatic heterocycles. The highest BCUT2D eigenvalue weighted by molar-refractivity contribution is 6.22. The molecule has 9 heteroatoms. The van der Waals surface area contributed by atoms with Gasteiger partial charge in [0.05, 0.1) is 23.0 Å². The van der Waals surface area contributed by atoms with Crippen LogP contribution in [0.1, 0.15) is 69.1 Å². The van der Waals surface area contributed by atoms with E-state index < -0.39 is 11.8 Å². The van der Waals surface area contributed by atoms with E-state index in [4.69, 9.17) is 0 Å². The number of rotatable bonds is 7. The van der Waals surface area contributed by atoms with Crippen molar-refractivity contribution in [2.24, 2.45) is 0 Å². The fourth-order valence-electron chi connectivity index (χ4n) is 4.12. The number of aromatic nitrogens is 2. The molecule has 1 aliphatic heterocycles. The Hall–Kier alpha value is -4.27. The van der Waals surface area contributed by atoms with Crippen molar-refractivity contribution in [3.63, 3.8) is 0 Å². The summed E-state index contributed by atoms with van der Waals surface area (Å²) in [7, 11) is 0. The first-order valence-electron chi connectivity index (χ1n) is 11.5. The lowest BCUT2D eigenvalue weighted by molar-refractivity contribution is 0.0608. The number of nitrogens with zero attached hydrogens (tertiary/aromatic N) is 4. The van der Waals surface area contributed by atoms with Crippen molar-refractivity contribution in [1.29, 1.82) is 0 Å². The van der Waals surface area contributed by atoms with E-state index in [1.807, 2.05) is 44.2 Å². The number of imide groups is 1. The average Bonchev–Trinajstić information content (AvgIpc) is 3.38. The van der Waals surface area contributed by atoms with Gasteiger partial charge in [-0.2, -0.15) is 5.10 Å². The lowest BCUT2D eigenvalue weighted by Crippen LogP contribution is -2.35. The van der Waals surface area contributed by atoms with Crippen molar-refractivity contribution < 1.29 is 19.2 Å². The number of carbonyl (C=O) groups is 4. The maximum absolute atomic E-state index is 13.3. The molecule has 180 valence electrons. The zero-order chi connectivity index (χ0) is 25.3. The summed E-state index contributed by atoms with van der Waals surface area (Å²) in [5, 5.41) is 7.18. The molecule has 0 saturated heterocycles. The third-order valence-corrected chi connectivity index (χ3v) is 5.98. The number of hydrogen-bond acceptors (Lipinski definition) is 5. The van der Waals surface area contributed by atoms with E-state index in [0.717, 1.165) is 0 Å². The van der Waals surface area contributed by atoms with Gasteiger partial charge in [0.2, 0.25) is 0 Å². The number of hydrogen-bond donors (Lipinski definition) is 1. The van der Waals surface area contributed by atoms with E-state index in [-0.39, 0.29) is 45.9 Å². The lowest BCUT2D eigenvalue weighted by Gasteiger charge is -2.19. The second kappa shape index (κ2) is 9.54. The van der Waals surface area contributed by atoms with Crippen LogP contribution in [0, 0.1) is 0 Å².